The number of carbonyl (C=O) groups is 2. The summed E-state index contributed by atoms with van der Waals surface area (Å²) in [7, 11) is 0. The zero-order valence-electron chi connectivity index (χ0n) is 15.3. The number of carbonyl (C=O) groups excluding carboxylic acids is 2. The molecular formula is C20H17F3N2O4. The number of benzene rings is 2. The first-order chi connectivity index (χ1) is 13.7. The molecule has 6 nitrogen and oxygen atoms in total. The number of aromatic nitrogens is 1. The van der Waals surface area contributed by atoms with Gasteiger partial charge in [-0.25, -0.2) is 0 Å². The molecule has 29 heavy (non-hydrogen) atoms. The van der Waals surface area contributed by atoms with E-state index in [1.165, 1.54) is 6.92 Å². The summed E-state index contributed by atoms with van der Waals surface area (Å²) in [5, 5.41) is 2.49. The maximum Gasteiger partial charge on any atom is 0.405 e. The summed E-state index contributed by atoms with van der Waals surface area (Å²) < 4.78 is 43.2. The number of alkyl halides is 3. The first-order valence-electron chi connectivity index (χ1n) is 8.71. The van der Waals surface area contributed by atoms with Crippen LogP contribution in [-0.4, -0.2) is 35.3 Å². The zero-order chi connectivity index (χ0) is 21.2. The average Bonchev–Trinajstić information content (AvgIpc) is 2.68. The number of amides is 1. The van der Waals surface area contributed by atoms with Gasteiger partial charge in [0, 0.05) is 10.8 Å². The Kier molecular flexibility index (Phi) is 5.58. The number of esters is 1. The van der Waals surface area contributed by atoms with Gasteiger partial charge in [-0.05, 0) is 31.2 Å². The van der Waals surface area contributed by atoms with Gasteiger partial charge in [-0.15, -0.1) is 0 Å². The molecule has 0 aliphatic rings. The van der Waals surface area contributed by atoms with Crippen LogP contribution in [0.25, 0.3) is 21.8 Å². The first kappa shape index (κ1) is 20.4. The molecule has 1 heterocycles. The quantitative estimate of drug-likeness (QED) is 0.522. The molecule has 0 saturated carbocycles. The largest absolute Gasteiger partial charge is 0.451 e. The van der Waals surface area contributed by atoms with Gasteiger partial charge in [-0.3, -0.25) is 14.4 Å². The lowest BCUT2D eigenvalue weighted by Gasteiger charge is -2.17. The van der Waals surface area contributed by atoms with Crippen LogP contribution in [0.3, 0.4) is 0 Å². The fraction of sp³-hybridized carbons (Fsp3) is 0.250. The number of hydrogen-bond acceptors (Lipinski definition) is 4. The lowest BCUT2D eigenvalue weighted by Crippen LogP contribution is -2.41. The molecule has 0 spiro atoms. The van der Waals surface area contributed by atoms with Crippen molar-refractivity contribution in [3.8, 4) is 0 Å². The van der Waals surface area contributed by atoms with Crippen LogP contribution < -0.4 is 10.7 Å². The highest BCUT2D eigenvalue weighted by Gasteiger charge is 2.29. The van der Waals surface area contributed by atoms with E-state index in [0.717, 1.165) is 0 Å². The van der Waals surface area contributed by atoms with Gasteiger partial charge >= 0.3 is 12.1 Å². The minimum Gasteiger partial charge on any atom is -0.451 e. The number of hydrogen-bond donors (Lipinski definition) is 1. The normalized spacial score (nSPS) is 12.7. The maximum absolute atomic E-state index is 12.7. The van der Waals surface area contributed by atoms with E-state index in [0.29, 0.717) is 21.8 Å². The number of para-hydroxylation sites is 2. The predicted octanol–water partition coefficient (Wildman–Crippen LogP) is 2.76. The van der Waals surface area contributed by atoms with E-state index >= 15 is 0 Å². The Hall–Kier alpha value is -3.36. The highest BCUT2D eigenvalue weighted by molar-refractivity contribution is 5.94. The van der Waals surface area contributed by atoms with Gasteiger partial charge in [-0.2, -0.15) is 13.2 Å². The van der Waals surface area contributed by atoms with E-state index in [9.17, 15) is 27.6 Å². The molecule has 3 rings (SSSR count). The predicted molar refractivity (Wildman–Crippen MR) is 100 cm³/mol. The first-order valence-corrected chi connectivity index (χ1v) is 8.71. The van der Waals surface area contributed by atoms with Crippen molar-refractivity contribution in [1.29, 1.82) is 0 Å². The van der Waals surface area contributed by atoms with Gasteiger partial charge in [0.15, 0.2) is 11.5 Å². The Morgan fingerprint density at radius 2 is 1.55 bits per heavy atom. The Balaban J connectivity index is 1.86. The Morgan fingerprint density at radius 1 is 1.03 bits per heavy atom. The van der Waals surface area contributed by atoms with Crippen molar-refractivity contribution < 1.29 is 27.5 Å². The van der Waals surface area contributed by atoms with Gasteiger partial charge < -0.3 is 14.6 Å². The van der Waals surface area contributed by atoms with Crippen LogP contribution in [-0.2, 0) is 20.9 Å². The lowest BCUT2D eigenvalue weighted by atomic mass is 10.1. The summed E-state index contributed by atoms with van der Waals surface area (Å²) in [6, 6.07) is 13.5. The zero-order valence-corrected chi connectivity index (χ0v) is 15.3. The molecule has 0 aliphatic heterocycles. The highest BCUT2D eigenvalue weighted by atomic mass is 19.4. The van der Waals surface area contributed by atoms with Crippen molar-refractivity contribution in [1.82, 2.24) is 9.88 Å². The van der Waals surface area contributed by atoms with Crippen LogP contribution in [0.2, 0.25) is 0 Å². The minimum absolute atomic E-state index is 0.180. The highest BCUT2D eigenvalue weighted by Crippen LogP contribution is 2.19. The number of pyridine rings is 1. The molecule has 2 aromatic carbocycles. The molecule has 0 unspecified atom stereocenters. The molecule has 152 valence electrons. The molecule has 1 N–H and O–H groups in total. The molecular weight excluding hydrogens is 389 g/mol. The molecule has 1 amide bonds. The van der Waals surface area contributed by atoms with Crippen LogP contribution in [0, 0.1) is 0 Å². The molecule has 0 fully saturated rings. The summed E-state index contributed by atoms with van der Waals surface area (Å²) in [5.41, 5.74) is 0.824. The fourth-order valence-electron chi connectivity index (χ4n) is 3.00. The minimum atomic E-state index is -4.56. The van der Waals surface area contributed by atoms with E-state index in [1.807, 2.05) is 0 Å². The molecule has 0 aliphatic carbocycles. The van der Waals surface area contributed by atoms with E-state index in [2.05, 4.69) is 0 Å². The molecule has 0 saturated heterocycles. The molecule has 0 bridgehead atoms. The third kappa shape index (κ3) is 4.56. The van der Waals surface area contributed by atoms with Crippen molar-refractivity contribution in [2.75, 3.05) is 6.54 Å². The van der Waals surface area contributed by atoms with Crippen molar-refractivity contribution >= 4 is 33.7 Å². The summed E-state index contributed by atoms with van der Waals surface area (Å²) >= 11 is 0. The van der Waals surface area contributed by atoms with Crippen LogP contribution in [0.5, 0.6) is 0 Å². The second-order valence-corrected chi connectivity index (χ2v) is 6.41. The van der Waals surface area contributed by atoms with Crippen molar-refractivity contribution in [3.05, 3.63) is 58.8 Å². The molecule has 9 heteroatoms. The Bertz CT molecular complexity index is 1080. The van der Waals surface area contributed by atoms with Crippen molar-refractivity contribution in [2.45, 2.75) is 25.7 Å². The van der Waals surface area contributed by atoms with E-state index < -0.39 is 30.7 Å². The number of halogens is 3. The van der Waals surface area contributed by atoms with Gasteiger partial charge in [0.1, 0.15) is 13.1 Å². The van der Waals surface area contributed by atoms with E-state index in [4.69, 9.17) is 4.74 Å². The molecule has 1 atom stereocenters. The van der Waals surface area contributed by atoms with Crippen LogP contribution in [0.4, 0.5) is 13.2 Å². The van der Waals surface area contributed by atoms with E-state index in [1.54, 1.807) is 58.4 Å². The SMILES string of the molecule is C[C@H](OC(=O)Cn1c2ccccc2c(=O)c2ccccc21)C(=O)NCC(F)(F)F. The number of nitrogens with zero attached hydrogens (tertiary/aromatic N) is 1. The van der Waals surface area contributed by atoms with Crippen LogP contribution in [0.1, 0.15) is 6.92 Å². The lowest BCUT2D eigenvalue weighted by molar-refractivity contribution is -0.158. The Labute approximate surface area is 162 Å². The summed E-state index contributed by atoms with van der Waals surface area (Å²) in [5.74, 6) is -1.87. The number of ether oxygens (including phenoxy) is 1. The number of nitrogens with one attached hydrogen (secondary N) is 1. The molecule has 1 aromatic heterocycles. The number of fused-ring (bicyclic) bond motifs is 2. The Morgan fingerprint density at radius 3 is 2.07 bits per heavy atom. The summed E-state index contributed by atoms with van der Waals surface area (Å²) in [6.07, 6.45) is -5.96. The second kappa shape index (κ2) is 7.94. The van der Waals surface area contributed by atoms with Crippen molar-refractivity contribution in [3.63, 3.8) is 0 Å². The van der Waals surface area contributed by atoms with Crippen LogP contribution in [0.15, 0.2) is 53.3 Å². The fourth-order valence-corrected chi connectivity index (χ4v) is 3.00. The standard InChI is InChI=1S/C20H17F3N2O4/c1-12(19(28)24-11-20(21,22)23)29-17(26)10-25-15-8-4-2-6-13(15)18(27)14-7-3-5-9-16(14)25/h2-9,12H,10-11H2,1H3,(H,24,28)/t12-/m0/s1. The topological polar surface area (TPSA) is 77.4 Å². The van der Waals surface area contributed by atoms with Gasteiger partial charge in [0.05, 0.1) is 11.0 Å². The smallest absolute Gasteiger partial charge is 0.405 e. The summed E-state index contributed by atoms with van der Waals surface area (Å²) in [4.78, 5) is 36.8. The van der Waals surface area contributed by atoms with E-state index in [-0.39, 0.29) is 12.0 Å². The third-order valence-corrected chi connectivity index (χ3v) is 4.31. The van der Waals surface area contributed by atoms with Gasteiger partial charge in [-0.1, -0.05) is 24.3 Å². The monoisotopic (exact) mass is 406 g/mol. The third-order valence-electron chi connectivity index (χ3n) is 4.31. The van der Waals surface area contributed by atoms with Gasteiger partial charge in [0.2, 0.25) is 0 Å². The molecule has 3 aromatic rings. The summed E-state index contributed by atoms with van der Waals surface area (Å²) in [6.45, 7) is -0.647. The second-order valence-electron chi connectivity index (χ2n) is 6.41. The molecule has 0 radical (unpaired) electrons. The maximum atomic E-state index is 12.7. The number of rotatable bonds is 5. The van der Waals surface area contributed by atoms with Crippen LogP contribution >= 0.6 is 0 Å². The van der Waals surface area contributed by atoms with Crippen molar-refractivity contribution in [2.24, 2.45) is 0 Å². The average molecular weight is 406 g/mol. The van der Waals surface area contributed by atoms with Gasteiger partial charge in [0.25, 0.3) is 5.91 Å².